The Balaban J connectivity index is 2.36. The Kier molecular flexibility index (Phi) is 7.70. The molecule has 1 fully saturated rings. The number of rotatable bonds is 6. The van der Waals surface area contributed by atoms with Gasteiger partial charge in [-0.2, -0.15) is 48.3 Å². The minimum absolute atomic E-state index is 0.128. The lowest BCUT2D eigenvalue weighted by Gasteiger charge is -2.41. The molecule has 1 saturated carbocycles. The molecule has 0 amide bonds. The topological polar surface area (TPSA) is 36.4 Å². The Labute approximate surface area is 175 Å². The molecule has 3 unspecified atom stereocenters. The van der Waals surface area contributed by atoms with Crippen molar-refractivity contribution in [2.75, 3.05) is 6.54 Å². The fourth-order valence-electron chi connectivity index (χ4n) is 3.76. The van der Waals surface area contributed by atoms with Gasteiger partial charge in [0.15, 0.2) is 6.10 Å². The Morgan fingerprint density at radius 2 is 1.62 bits per heavy atom. The van der Waals surface area contributed by atoms with Crippen molar-refractivity contribution >= 4 is 0 Å². The average Bonchev–Trinajstić information content (AvgIpc) is 2.65. The standard InChI is InChI=1S/C18H19F11N2O/c19-15(20,18(27,28)29)11-4-1-5-12(7-11)31(9-13(32)16(21,22)23)8-10-3-2-6-30-14(10)17(24,25)26/h2-3,6,11-13,32H,1,4-5,7-9H2. The molecule has 0 spiro atoms. The van der Waals surface area contributed by atoms with E-state index in [0.717, 1.165) is 18.3 Å². The van der Waals surface area contributed by atoms with Crippen molar-refractivity contribution in [3.8, 4) is 0 Å². The molecule has 1 N–H and O–H groups in total. The van der Waals surface area contributed by atoms with Gasteiger partial charge in [0.1, 0.15) is 5.69 Å². The van der Waals surface area contributed by atoms with Gasteiger partial charge < -0.3 is 5.11 Å². The van der Waals surface area contributed by atoms with E-state index in [-0.39, 0.29) is 12.8 Å². The summed E-state index contributed by atoms with van der Waals surface area (Å²) in [5, 5.41) is 9.42. The van der Waals surface area contributed by atoms with Crippen molar-refractivity contribution in [3.05, 3.63) is 29.6 Å². The van der Waals surface area contributed by atoms with E-state index in [2.05, 4.69) is 4.98 Å². The fraction of sp³-hybridized carbons (Fsp3) is 0.722. The summed E-state index contributed by atoms with van der Waals surface area (Å²) in [4.78, 5) is 3.83. The Bertz CT molecular complexity index is 761. The maximum Gasteiger partial charge on any atom is 0.453 e. The van der Waals surface area contributed by atoms with Crippen LogP contribution in [0.25, 0.3) is 0 Å². The van der Waals surface area contributed by atoms with Crippen LogP contribution in [0.15, 0.2) is 18.3 Å². The van der Waals surface area contributed by atoms with Crippen LogP contribution in [0.2, 0.25) is 0 Å². The second kappa shape index (κ2) is 9.27. The number of hydrogen-bond donors (Lipinski definition) is 1. The molecule has 32 heavy (non-hydrogen) atoms. The van der Waals surface area contributed by atoms with E-state index in [0.29, 0.717) is 4.90 Å². The highest BCUT2D eigenvalue weighted by Gasteiger charge is 2.62. The minimum atomic E-state index is -5.89. The smallest absolute Gasteiger partial charge is 0.382 e. The summed E-state index contributed by atoms with van der Waals surface area (Å²) in [6, 6.07) is 0.637. The van der Waals surface area contributed by atoms with Crippen LogP contribution in [0.3, 0.4) is 0 Å². The Hall–Kier alpha value is -1.70. The normalized spacial score (nSPS) is 22.3. The Morgan fingerprint density at radius 3 is 2.16 bits per heavy atom. The third-order valence-electron chi connectivity index (χ3n) is 5.37. The minimum Gasteiger partial charge on any atom is -0.382 e. The highest BCUT2D eigenvalue weighted by molar-refractivity contribution is 5.22. The van der Waals surface area contributed by atoms with Gasteiger partial charge in [-0.3, -0.25) is 9.88 Å². The molecule has 1 aromatic heterocycles. The first-order valence-corrected chi connectivity index (χ1v) is 9.39. The van der Waals surface area contributed by atoms with E-state index < -0.39 is 79.7 Å². The first kappa shape index (κ1) is 26.6. The van der Waals surface area contributed by atoms with Crippen molar-refractivity contribution in [3.63, 3.8) is 0 Å². The lowest BCUT2D eigenvalue weighted by molar-refractivity contribution is -0.307. The first-order chi connectivity index (χ1) is 14.4. The number of halogens is 11. The number of pyridine rings is 1. The molecule has 184 valence electrons. The lowest BCUT2D eigenvalue weighted by atomic mass is 9.80. The molecule has 0 aliphatic heterocycles. The molecule has 1 aliphatic rings. The number of hydrogen-bond acceptors (Lipinski definition) is 3. The van der Waals surface area contributed by atoms with E-state index in [9.17, 15) is 53.4 Å². The molecule has 14 heteroatoms. The van der Waals surface area contributed by atoms with Gasteiger partial charge in [-0.25, -0.2) is 0 Å². The summed E-state index contributed by atoms with van der Waals surface area (Å²) >= 11 is 0. The third kappa shape index (κ3) is 6.21. The van der Waals surface area contributed by atoms with Crippen molar-refractivity contribution < 1.29 is 53.4 Å². The van der Waals surface area contributed by atoms with Gasteiger partial charge in [0.2, 0.25) is 0 Å². The summed E-state index contributed by atoms with van der Waals surface area (Å²) in [5.41, 5.74) is -2.03. The van der Waals surface area contributed by atoms with Crippen molar-refractivity contribution in [2.45, 2.75) is 68.8 Å². The molecule has 0 bridgehead atoms. The van der Waals surface area contributed by atoms with Crippen molar-refractivity contribution in [1.29, 1.82) is 0 Å². The van der Waals surface area contributed by atoms with Crippen LogP contribution in [0.1, 0.15) is 36.9 Å². The molecule has 1 heterocycles. The predicted molar refractivity (Wildman–Crippen MR) is 88.5 cm³/mol. The maximum absolute atomic E-state index is 13.8. The highest BCUT2D eigenvalue weighted by atomic mass is 19.4. The van der Waals surface area contributed by atoms with E-state index >= 15 is 0 Å². The van der Waals surface area contributed by atoms with Crippen LogP contribution in [0, 0.1) is 5.92 Å². The summed E-state index contributed by atoms with van der Waals surface area (Å²) in [5.74, 6) is -7.38. The zero-order valence-corrected chi connectivity index (χ0v) is 16.2. The average molecular weight is 488 g/mol. The van der Waals surface area contributed by atoms with Gasteiger partial charge >= 0.3 is 24.5 Å². The van der Waals surface area contributed by atoms with Gasteiger partial charge in [0.25, 0.3) is 0 Å². The summed E-state index contributed by atoms with van der Waals surface area (Å²) in [6.45, 7) is -2.19. The van der Waals surface area contributed by atoms with Crippen LogP contribution in [0.4, 0.5) is 48.3 Å². The number of aliphatic hydroxyl groups is 1. The van der Waals surface area contributed by atoms with Crippen LogP contribution in [-0.2, 0) is 12.7 Å². The molecule has 2 rings (SSSR count). The molecule has 3 atom stereocenters. The van der Waals surface area contributed by atoms with Crippen LogP contribution >= 0.6 is 0 Å². The summed E-state index contributed by atoms with van der Waals surface area (Å²) in [7, 11) is 0. The van der Waals surface area contributed by atoms with Gasteiger partial charge in [-0.15, -0.1) is 0 Å². The lowest BCUT2D eigenvalue weighted by Crippen LogP contribution is -2.51. The molecule has 1 aliphatic carbocycles. The summed E-state index contributed by atoms with van der Waals surface area (Å²) < 4.78 is 144. The predicted octanol–water partition coefficient (Wildman–Crippen LogP) is 5.58. The molecular weight excluding hydrogens is 469 g/mol. The second-order valence-corrected chi connectivity index (χ2v) is 7.63. The SMILES string of the molecule is OC(CN(Cc1cccnc1C(F)(F)F)C1CCCC(C(F)(F)C(F)(F)F)C1)C(F)(F)F. The molecule has 0 saturated heterocycles. The van der Waals surface area contributed by atoms with Crippen molar-refractivity contribution in [2.24, 2.45) is 5.92 Å². The van der Waals surface area contributed by atoms with Gasteiger partial charge in [0.05, 0.1) is 0 Å². The van der Waals surface area contributed by atoms with Crippen LogP contribution in [0.5, 0.6) is 0 Å². The highest BCUT2D eigenvalue weighted by Crippen LogP contribution is 2.47. The van der Waals surface area contributed by atoms with E-state index in [1.54, 1.807) is 0 Å². The quantitative estimate of drug-likeness (QED) is 0.532. The molecule has 0 radical (unpaired) electrons. The number of aliphatic hydroxyl groups excluding tert-OH is 1. The molecule has 3 nitrogen and oxygen atoms in total. The monoisotopic (exact) mass is 488 g/mol. The third-order valence-corrected chi connectivity index (χ3v) is 5.37. The largest absolute Gasteiger partial charge is 0.453 e. The number of nitrogens with zero attached hydrogens (tertiary/aromatic N) is 2. The molecule has 1 aromatic rings. The molecular formula is C18H19F11N2O. The summed E-state index contributed by atoms with van der Waals surface area (Å²) in [6.07, 6.45) is -20.1. The van der Waals surface area contributed by atoms with E-state index in [1.165, 1.54) is 0 Å². The van der Waals surface area contributed by atoms with Gasteiger partial charge in [0, 0.05) is 31.2 Å². The first-order valence-electron chi connectivity index (χ1n) is 9.39. The number of aromatic nitrogens is 1. The molecule has 0 aromatic carbocycles. The van der Waals surface area contributed by atoms with E-state index in [4.69, 9.17) is 0 Å². The van der Waals surface area contributed by atoms with Crippen LogP contribution in [-0.4, -0.2) is 52.0 Å². The fourth-order valence-corrected chi connectivity index (χ4v) is 3.76. The maximum atomic E-state index is 13.8. The van der Waals surface area contributed by atoms with Gasteiger partial charge in [-0.1, -0.05) is 12.5 Å². The van der Waals surface area contributed by atoms with Gasteiger partial charge in [-0.05, 0) is 30.9 Å². The zero-order chi connectivity index (χ0) is 24.5. The number of alkyl halides is 11. The second-order valence-electron chi connectivity index (χ2n) is 7.63. The Morgan fingerprint density at radius 1 is 1.00 bits per heavy atom. The van der Waals surface area contributed by atoms with E-state index in [1.807, 2.05) is 0 Å². The van der Waals surface area contributed by atoms with Crippen LogP contribution < -0.4 is 0 Å². The zero-order valence-electron chi connectivity index (χ0n) is 16.2. The van der Waals surface area contributed by atoms with Crippen molar-refractivity contribution in [1.82, 2.24) is 9.88 Å².